The lowest BCUT2D eigenvalue weighted by Crippen LogP contribution is -2.16. The number of hydrogen-bond acceptors (Lipinski definition) is 6. The average molecular weight is 416 g/mol. The number of amides is 1. The molecule has 1 fully saturated rings. The van der Waals surface area contributed by atoms with E-state index in [1.165, 1.54) is 18.0 Å². The molecule has 0 saturated heterocycles. The summed E-state index contributed by atoms with van der Waals surface area (Å²) in [5, 5.41) is 1.17. The number of benzene rings is 1. The maximum absolute atomic E-state index is 11.8. The van der Waals surface area contributed by atoms with Crippen molar-refractivity contribution in [2.24, 2.45) is 5.73 Å². The molecule has 0 spiro atoms. The molecule has 1 amide bonds. The van der Waals surface area contributed by atoms with Crippen molar-refractivity contribution in [3.8, 4) is 11.6 Å². The molecule has 0 bridgehead atoms. The summed E-state index contributed by atoms with van der Waals surface area (Å²) in [6.07, 6.45) is 10.2. The number of nitrogens with zero attached hydrogens (tertiary/aromatic N) is 2. The van der Waals surface area contributed by atoms with Crippen LogP contribution in [-0.4, -0.2) is 30.5 Å². The Morgan fingerprint density at radius 2 is 2.03 bits per heavy atom. The predicted molar refractivity (Wildman–Crippen MR) is 111 cm³/mol. The van der Waals surface area contributed by atoms with Gasteiger partial charge in [0.1, 0.15) is 17.1 Å². The van der Waals surface area contributed by atoms with Crippen molar-refractivity contribution in [3.05, 3.63) is 58.9 Å². The lowest BCUT2D eigenvalue weighted by molar-refractivity contribution is 0.0997. The summed E-state index contributed by atoms with van der Waals surface area (Å²) in [4.78, 5) is 20.7. The van der Waals surface area contributed by atoms with E-state index in [4.69, 9.17) is 10.5 Å². The van der Waals surface area contributed by atoms with Crippen LogP contribution in [0.4, 0.5) is 0 Å². The van der Waals surface area contributed by atoms with Crippen LogP contribution in [0.25, 0.3) is 0 Å². The minimum Gasteiger partial charge on any atom is -0.438 e. The van der Waals surface area contributed by atoms with E-state index in [2.05, 4.69) is 9.97 Å². The van der Waals surface area contributed by atoms with Gasteiger partial charge in [-0.1, -0.05) is 37.5 Å². The van der Waals surface area contributed by atoms with Crippen LogP contribution in [0, 0.1) is 0 Å². The van der Waals surface area contributed by atoms with Crippen molar-refractivity contribution in [3.63, 3.8) is 0 Å². The third-order valence-electron chi connectivity index (χ3n) is 4.82. The van der Waals surface area contributed by atoms with Crippen LogP contribution in [0.1, 0.15) is 59.8 Å². The highest BCUT2D eigenvalue weighted by Crippen LogP contribution is 2.32. The van der Waals surface area contributed by atoms with Crippen LogP contribution >= 0.6 is 0 Å². The molecule has 1 saturated carbocycles. The van der Waals surface area contributed by atoms with Crippen LogP contribution in [0.2, 0.25) is 0 Å². The maximum Gasteiger partial charge on any atom is 0.255 e. The fourth-order valence-electron chi connectivity index (χ4n) is 3.39. The molecule has 8 heteroatoms. The van der Waals surface area contributed by atoms with Gasteiger partial charge in [0.2, 0.25) is 5.88 Å². The highest BCUT2D eigenvalue weighted by Gasteiger charge is 2.21. The van der Waals surface area contributed by atoms with Crippen LogP contribution in [0.5, 0.6) is 11.6 Å². The maximum atomic E-state index is 11.8. The minimum absolute atomic E-state index is 0.131. The Bertz CT molecular complexity index is 1010. The molecule has 0 aliphatic heterocycles. The lowest BCUT2D eigenvalue weighted by atomic mass is 9.88. The van der Waals surface area contributed by atoms with E-state index in [1.807, 2.05) is 6.07 Å². The molecule has 0 unspecified atom stereocenters. The Hall–Kier alpha value is -2.74. The summed E-state index contributed by atoms with van der Waals surface area (Å²) < 4.78 is 28.3. The van der Waals surface area contributed by atoms with Gasteiger partial charge in [-0.2, -0.15) is 4.98 Å². The Kier molecular flexibility index (Phi) is 6.64. The molecule has 3 rings (SSSR count). The third-order valence-corrected chi connectivity index (χ3v) is 5.50. The number of ether oxygens (including phenoxy) is 1. The summed E-state index contributed by atoms with van der Waals surface area (Å²) in [5.41, 5.74) is 6.46. The fourth-order valence-corrected chi connectivity index (χ4v) is 3.84. The molecule has 0 radical (unpaired) electrons. The Morgan fingerprint density at radius 1 is 1.28 bits per heavy atom. The molecule has 2 N–H and O–H groups in total. The average Bonchev–Trinajstić information content (AvgIpc) is 2.68. The van der Waals surface area contributed by atoms with Crippen molar-refractivity contribution in [1.29, 1.82) is 0 Å². The zero-order chi connectivity index (χ0) is 20.9. The number of rotatable bonds is 7. The fraction of sp³-hybridized carbons (Fsp3) is 0.381. The number of hydrogen-bond donors (Lipinski definition) is 1. The van der Waals surface area contributed by atoms with Crippen molar-refractivity contribution >= 4 is 15.7 Å². The molecule has 1 aliphatic carbocycles. The van der Waals surface area contributed by atoms with E-state index in [1.54, 1.807) is 24.3 Å². The number of aromatic nitrogens is 2. The number of sulfone groups is 1. The van der Waals surface area contributed by atoms with Gasteiger partial charge in [0, 0.05) is 23.8 Å². The molecular formula is C21H25N3O4S. The Labute approximate surface area is 170 Å². The van der Waals surface area contributed by atoms with Gasteiger partial charge >= 0.3 is 0 Å². The quantitative estimate of drug-likeness (QED) is 0.740. The van der Waals surface area contributed by atoms with Gasteiger partial charge in [0.05, 0.1) is 0 Å². The second kappa shape index (κ2) is 9.17. The van der Waals surface area contributed by atoms with Gasteiger partial charge in [-0.05, 0) is 37.0 Å². The van der Waals surface area contributed by atoms with Crippen LogP contribution in [-0.2, 0) is 16.3 Å². The molecule has 1 heterocycles. The summed E-state index contributed by atoms with van der Waals surface area (Å²) in [6, 6.07) is 7.19. The predicted octanol–water partition coefficient (Wildman–Crippen LogP) is 3.52. The first-order valence-corrected chi connectivity index (χ1v) is 11.6. The molecule has 29 heavy (non-hydrogen) atoms. The Morgan fingerprint density at radius 3 is 2.72 bits per heavy atom. The van der Waals surface area contributed by atoms with E-state index < -0.39 is 15.7 Å². The number of nitrogens with two attached hydrogens (primary N) is 1. The van der Waals surface area contributed by atoms with Crippen molar-refractivity contribution in [2.45, 2.75) is 44.4 Å². The standard InChI is InChI=1S/C21H25N3O4S/c1-29(26,27)12-6-8-15-7-5-11-17(13-15)28-21-18(19(22)25)14-23-20(24-21)16-9-3-2-4-10-16/h5-7,11-14,16H,2-4,8-10H2,1H3,(H2,22,25)/b12-6+. The molecule has 1 aromatic carbocycles. The second-order valence-corrected chi connectivity index (χ2v) is 9.23. The van der Waals surface area contributed by atoms with Gasteiger partial charge in [-0.25, -0.2) is 13.4 Å². The first-order valence-electron chi connectivity index (χ1n) is 9.62. The third kappa shape index (κ3) is 6.12. The Balaban J connectivity index is 1.83. The molecule has 1 aliphatic rings. The van der Waals surface area contributed by atoms with Crippen LogP contribution < -0.4 is 10.5 Å². The number of allylic oxidation sites excluding steroid dienone is 1. The number of primary amides is 1. The van der Waals surface area contributed by atoms with Gasteiger partial charge in [-0.3, -0.25) is 4.79 Å². The van der Waals surface area contributed by atoms with E-state index >= 15 is 0 Å². The van der Waals surface area contributed by atoms with E-state index in [0.717, 1.165) is 37.5 Å². The van der Waals surface area contributed by atoms with Crippen molar-refractivity contribution in [2.75, 3.05) is 6.26 Å². The zero-order valence-corrected chi connectivity index (χ0v) is 17.2. The van der Waals surface area contributed by atoms with Crippen LogP contribution in [0.15, 0.2) is 41.9 Å². The summed E-state index contributed by atoms with van der Waals surface area (Å²) >= 11 is 0. The van der Waals surface area contributed by atoms with E-state index in [9.17, 15) is 13.2 Å². The molecule has 2 aromatic rings. The zero-order valence-electron chi connectivity index (χ0n) is 16.4. The summed E-state index contributed by atoms with van der Waals surface area (Å²) in [6.45, 7) is 0. The molecule has 1 aromatic heterocycles. The highest BCUT2D eigenvalue weighted by atomic mass is 32.2. The second-order valence-electron chi connectivity index (χ2n) is 7.30. The molecule has 7 nitrogen and oxygen atoms in total. The first-order chi connectivity index (χ1) is 13.8. The van der Waals surface area contributed by atoms with Gasteiger partial charge < -0.3 is 10.5 Å². The largest absolute Gasteiger partial charge is 0.438 e. The first kappa shape index (κ1) is 21.0. The monoisotopic (exact) mass is 415 g/mol. The smallest absolute Gasteiger partial charge is 0.255 e. The molecular weight excluding hydrogens is 390 g/mol. The van der Waals surface area contributed by atoms with Crippen molar-refractivity contribution in [1.82, 2.24) is 9.97 Å². The van der Waals surface area contributed by atoms with Gasteiger partial charge in [0.15, 0.2) is 9.84 Å². The minimum atomic E-state index is -3.16. The molecule has 0 atom stereocenters. The highest BCUT2D eigenvalue weighted by molar-refractivity contribution is 7.93. The summed E-state index contributed by atoms with van der Waals surface area (Å²) in [7, 11) is -3.16. The van der Waals surface area contributed by atoms with Crippen molar-refractivity contribution < 1.29 is 17.9 Å². The topological polar surface area (TPSA) is 112 Å². The SMILES string of the molecule is CS(=O)(=O)/C=C/Cc1cccc(Oc2nc(C3CCCCC3)ncc2C(N)=O)c1. The summed E-state index contributed by atoms with van der Waals surface area (Å²) in [5.74, 6) is 0.933. The van der Waals surface area contributed by atoms with Gasteiger partial charge in [-0.15, -0.1) is 0 Å². The number of carbonyl (C=O) groups is 1. The van der Waals surface area contributed by atoms with E-state index in [0.29, 0.717) is 18.0 Å². The van der Waals surface area contributed by atoms with Crippen LogP contribution in [0.3, 0.4) is 0 Å². The lowest BCUT2D eigenvalue weighted by Gasteiger charge is -2.20. The normalized spacial score (nSPS) is 15.5. The molecule has 154 valence electrons. The van der Waals surface area contributed by atoms with Gasteiger partial charge in [0.25, 0.3) is 5.91 Å². The number of carbonyl (C=O) groups excluding carboxylic acids is 1. The van der Waals surface area contributed by atoms with E-state index in [-0.39, 0.29) is 17.4 Å².